The molecule has 0 saturated carbocycles. The first-order valence-electron chi connectivity index (χ1n) is 4.02. The van der Waals surface area contributed by atoms with Crippen LogP contribution >= 0.6 is 34.8 Å². The molecule has 76 valence electrons. The Balaban J connectivity index is 2.82. The molecule has 0 amide bonds. The standard InChI is InChI=1S/C10H4Cl3NO/c11-7-2-5-1-6(4-15)10(13)14-9(5)3-8(7)12/h1-4H. The summed E-state index contributed by atoms with van der Waals surface area (Å²) in [6, 6.07) is 4.88. The van der Waals surface area contributed by atoms with E-state index in [4.69, 9.17) is 34.8 Å². The molecule has 0 aliphatic heterocycles. The van der Waals surface area contributed by atoms with Gasteiger partial charge in [-0.1, -0.05) is 34.8 Å². The first-order chi connectivity index (χ1) is 7.11. The predicted octanol–water partition coefficient (Wildman–Crippen LogP) is 4.01. The number of hydrogen-bond acceptors (Lipinski definition) is 2. The minimum atomic E-state index is 0.163. The van der Waals surface area contributed by atoms with Gasteiger partial charge in [-0.3, -0.25) is 4.79 Å². The van der Waals surface area contributed by atoms with E-state index in [-0.39, 0.29) is 5.15 Å². The van der Waals surface area contributed by atoms with Gasteiger partial charge >= 0.3 is 0 Å². The normalized spacial score (nSPS) is 10.6. The highest BCUT2D eigenvalue weighted by atomic mass is 35.5. The third kappa shape index (κ3) is 1.93. The van der Waals surface area contributed by atoms with Gasteiger partial charge in [-0.2, -0.15) is 0 Å². The van der Waals surface area contributed by atoms with Crippen molar-refractivity contribution in [3.8, 4) is 0 Å². The Morgan fingerprint density at radius 3 is 2.40 bits per heavy atom. The SMILES string of the molecule is O=Cc1cc2cc(Cl)c(Cl)cc2nc1Cl. The van der Waals surface area contributed by atoms with Gasteiger partial charge in [0.25, 0.3) is 0 Å². The monoisotopic (exact) mass is 259 g/mol. The first kappa shape index (κ1) is 10.7. The molecule has 0 spiro atoms. The van der Waals surface area contributed by atoms with Crippen molar-refractivity contribution in [3.05, 3.63) is 39.0 Å². The average molecular weight is 261 g/mol. The van der Waals surface area contributed by atoms with Gasteiger partial charge in [0, 0.05) is 5.39 Å². The third-order valence-electron chi connectivity index (χ3n) is 1.96. The van der Waals surface area contributed by atoms with Gasteiger partial charge in [0.2, 0.25) is 0 Å². The second-order valence-electron chi connectivity index (χ2n) is 2.95. The maximum absolute atomic E-state index is 10.6. The summed E-state index contributed by atoms with van der Waals surface area (Å²) >= 11 is 17.4. The lowest BCUT2D eigenvalue weighted by molar-refractivity contribution is 0.112. The lowest BCUT2D eigenvalue weighted by Gasteiger charge is -2.02. The number of halogens is 3. The van der Waals surface area contributed by atoms with Crippen LogP contribution in [0.3, 0.4) is 0 Å². The van der Waals surface area contributed by atoms with Crippen molar-refractivity contribution in [1.29, 1.82) is 0 Å². The van der Waals surface area contributed by atoms with E-state index in [0.717, 1.165) is 5.39 Å². The second kappa shape index (κ2) is 3.97. The molecule has 0 bridgehead atoms. The number of fused-ring (bicyclic) bond motifs is 1. The molecular weight excluding hydrogens is 256 g/mol. The molecule has 1 heterocycles. The van der Waals surface area contributed by atoms with E-state index in [0.29, 0.717) is 27.4 Å². The Hall–Kier alpha value is -0.830. The smallest absolute Gasteiger partial charge is 0.153 e. The topological polar surface area (TPSA) is 30.0 Å². The van der Waals surface area contributed by atoms with E-state index in [2.05, 4.69) is 4.98 Å². The molecule has 5 heteroatoms. The number of aromatic nitrogens is 1. The van der Waals surface area contributed by atoms with Gasteiger partial charge in [0.1, 0.15) is 5.15 Å². The van der Waals surface area contributed by atoms with Gasteiger partial charge in [0.05, 0.1) is 21.1 Å². The van der Waals surface area contributed by atoms with Crippen LogP contribution in [-0.4, -0.2) is 11.3 Å². The van der Waals surface area contributed by atoms with E-state index in [1.54, 1.807) is 18.2 Å². The number of carbonyl (C=O) groups excluding carboxylic acids is 1. The van der Waals surface area contributed by atoms with E-state index in [1.165, 1.54) is 0 Å². The van der Waals surface area contributed by atoms with Gasteiger partial charge in [-0.25, -0.2) is 4.98 Å². The van der Waals surface area contributed by atoms with Crippen molar-refractivity contribution in [2.45, 2.75) is 0 Å². The molecule has 0 saturated heterocycles. The number of aldehydes is 1. The summed E-state index contributed by atoms with van der Waals surface area (Å²) in [6.45, 7) is 0. The van der Waals surface area contributed by atoms with Crippen LogP contribution in [0.2, 0.25) is 15.2 Å². The zero-order valence-electron chi connectivity index (χ0n) is 7.30. The average Bonchev–Trinajstić information content (AvgIpc) is 2.20. The summed E-state index contributed by atoms with van der Waals surface area (Å²) in [5, 5.41) is 1.73. The highest BCUT2D eigenvalue weighted by Crippen LogP contribution is 2.28. The summed E-state index contributed by atoms with van der Waals surface area (Å²) in [7, 11) is 0. The first-order valence-corrected chi connectivity index (χ1v) is 5.15. The third-order valence-corrected chi connectivity index (χ3v) is 2.99. The Morgan fingerprint density at radius 2 is 1.73 bits per heavy atom. The maximum atomic E-state index is 10.6. The van der Waals surface area contributed by atoms with Gasteiger partial charge < -0.3 is 0 Å². The molecule has 0 aliphatic carbocycles. The van der Waals surface area contributed by atoms with Crippen molar-refractivity contribution >= 4 is 52.0 Å². The summed E-state index contributed by atoms with van der Waals surface area (Å²) in [4.78, 5) is 14.7. The molecule has 15 heavy (non-hydrogen) atoms. The summed E-state index contributed by atoms with van der Waals surface area (Å²) < 4.78 is 0. The van der Waals surface area contributed by atoms with Crippen LogP contribution in [0.5, 0.6) is 0 Å². The van der Waals surface area contributed by atoms with Crippen LogP contribution < -0.4 is 0 Å². The number of pyridine rings is 1. The van der Waals surface area contributed by atoms with Crippen molar-refractivity contribution in [3.63, 3.8) is 0 Å². The van der Waals surface area contributed by atoms with E-state index in [1.807, 2.05) is 0 Å². The Kier molecular flexibility index (Phi) is 2.83. The Bertz CT molecular complexity index is 554. The molecule has 0 fully saturated rings. The molecule has 1 aromatic heterocycles. The molecule has 1 aromatic carbocycles. The van der Waals surface area contributed by atoms with E-state index in [9.17, 15) is 4.79 Å². The number of benzene rings is 1. The minimum absolute atomic E-state index is 0.163. The summed E-state index contributed by atoms with van der Waals surface area (Å²) in [5.74, 6) is 0. The maximum Gasteiger partial charge on any atom is 0.153 e. The fourth-order valence-electron chi connectivity index (χ4n) is 1.24. The summed E-state index contributed by atoms with van der Waals surface area (Å²) in [6.07, 6.45) is 0.650. The molecule has 2 nitrogen and oxygen atoms in total. The molecular formula is C10H4Cl3NO. The fraction of sp³-hybridized carbons (Fsp3) is 0. The van der Waals surface area contributed by atoms with E-state index < -0.39 is 0 Å². The molecule has 0 atom stereocenters. The van der Waals surface area contributed by atoms with Crippen LogP contribution in [0, 0.1) is 0 Å². The number of carbonyl (C=O) groups is 1. The molecule has 2 rings (SSSR count). The van der Waals surface area contributed by atoms with Crippen LogP contribution in [-0.2, 0) is 0 Å². The number of hydrogen-bond donors (Lipinski definition) is 0. The Morgan fingerprint density at radius 1 is 1.07 bits per heavy atom. The molecule has 2 aromatic rings. The van der Waals surface area contributed by atoms with Crippen molar-refractivity contribution in [1.82, 2.24) is 4.98 Å². The van der Waals surface area contributed by atoms with Gasteiger partial charge in [0.15, 0.2) is 6.29 Å². The molecule has 0 N–H and O–H groups in total. The highest BCUT2D eigenvalue weighted by molar-refractivity contribution is 6.42. The zero-order valence-corrected chi connectivity index (χ0v) is 9.57. The quantitative estimate of drug-likeness (QED) is 0.573. The number of nitrogens with zero attached hydrogens (tertiary/aromatic N) is 1. The highest BCUT2D eigenvalue weighted by Gasteiger charge is 2.06. The second-order valence-corrected chi connectivity index (χ2v) is 4.12. The van der Waals surface area contributed by atoms with Crippen LogP contribution in [0.4, 0.5) is 0 Å². The lowest BCUT2D eigenvalue weighted by Crippen LogP contribution is -1.88. The van der Waals surface area contributed by atoms with E-state index >= 15 is 0 Å². The van der Waals surface area contributed by atoms with Gasteiger partial charge in [-0.05, 0) is 18.2 Å². The number of rotatable bonds is 1. The largest absolute Gasteiger partial charge is 0.298 e. The van der Waals surface area contributed by atoms with Crippen LogP contribution in [0.1, 0.15) is 10.4 Å². The molecule has 0 unspecified atom stereocenters. The van der Waals surface area contributed by atoms with Gasteiger partial charge in [-0.15, -0.1) is 0 Å². The van der Waals surface area contributed by atoms with Crippen molar-refractivity contribution in [2.24, 2.45) is 0 Å². The minimum Gasteiger partial charge on any atom is -0.298 e. The van der Waals surface area contributed by atoms with Crippen molar-refractivity contribution in [2.75, 3.05) is 0 Å². The predicted molar refractivity (Wildman–Crippen MR) is 62.2 cm³/mol. The molecule has 0 aliphatic rings. The van der Waals surface area contributed by atoms with Crippen LogP contribution in [0.25, 0.3) is 10.9 Å². The van der Waals surface area contributed by atoms with Crippen molar-refractivity contribution < 1.29 is 4.79 Å². The zero-order chi connectivity index (χ0) is 11.0. The van der Waals surface area contributed by atoms with Crippen LogP contribution in [0.15, 0.2) is 18.2 Å². The lowest BCUT2D eigenvalue weighted by atomic mass is 10.2. The molecule has 0 radical (unpaired) electrons. The summed E-state index contributed by atoms with van der Waals surface area (Å²) in [5.41, 5.74) is 0.947. The Labute approximate surface area is 101 Å². The fourth-order valence-corrected chi connectivity index (χ4v) is 1.76.